The van der Waals surface area contributed by atoms with E-state index < -0.39 is 17.2 Å². The molecule has 6 heteroatoms. The van der Waals surface area contributed by atoms with Crippen molar-refractivity contribution in [1.82, 2.24) is 4.98 Å². The van der Waals surface area contributed by atoms with E-state index in [0.717, 1.165) is 53.8 Å². The average Bonchev–Trinajstić information content (AvgIpc) is 2.86. The molecule has 0 spiro atoms. The van der Waals surface area contributed by atoms with Crippen LogP contribution in [0.15, 0.2) is 60.8 Å². The molecular formula is C29H25F3N2O. The SMILES string of the molecule is CCCOc1ccc(CCc2ccc3c(F)c(CCc4cc(F)c(C#N)c(F)c4)ccc3c2)nc1. The Morgan fingerprint density at radius 3 is 2.31 bits per heavy atom. The molecule has 0 unspecified atom stereocenters. The molecule has 0 aliphatic heterocycles. The molecule has 178 valence electrons. The molecular weight excluding hydrogens is 449 g/mol. The first-order valence-electron chi connectivity index (χ1n) is 11.6. The summed E-state index contributed by atoms with van der Waals surface area (Å²) in [6.07, 6.45) is 4.77. The van der Waals surface area contributed by atoms with E-state index in [1.807, 2.05) is 30.3 Å². The van der Waals surface area contributed by atoms with Crippen molar-refractivity contribution in [1.29, 1.82) is 5.26 Å². The lowest BCUT2D eigenvalue weighted by atomic mass is 9.97. The number of pyridine rings is 1. The second-order valence-corrected chi connectivity index (χ2v) is 8.47. The molecule has 0 radical (unpaired) electrons. The van der Waals surface area contributed by atoms with Crippen LogP contribution in [-0.2, 0) is 25.7 Å². The zero-order chi connectivity index (χ0) is 24.8. The largest absolute Gasteiger partial charge is 0.492 e. The van der Waals surface area contributed by atoms with Gasteiger partial charge in [0.15, 0.2) is 0 Å². The highest BCUT2D eigenvalue weighted by Crippen LogP contribution is 2.25. The van der Waals surface area contributed by atoms with E-state index in [1.54, 1.807) is 18.3 Å². The Morgan fingerprint density at radius 1 is 0.857 bits per heavy atom. The monoisotopic (exact) mass is 474 g/mol. The molecule has 0 atom stereocenters. The van der Waals surface area contributed by atoms with Gasteiger partial charge in [-0.2, -0.15) is 5.26 Å². The van der Waals surface area contributed by atoms with Crippen molar-refractivity contribution < 1.29 is 17.9 Å². The molecule has 0 N–H and O–H groups in total. The summed E-state index contributed by atoms with van der Waals surface area (Å²) < 4.78 is 48.4. The van der Waals surface area contributed by atoms with Crippen molar-refractivity contribution in [2.24, 2.45) is 0 Å². The number of fused-ring (bicyclic) bond motifs is 1. The number of hydrogen-bond acceptors (Lipinski definition) is 3. The lowest BCUT2D eigenvalue weighted by Gasteiger charge is -2.10. The van der Waals surface area contributed by atoms with Crippen LogP contribution in [0.1, 0.15) is 41.3 Å². The molecule has 0 aliphatic carbocycles. The molecule has 35 heavy (non-hydrogen) atoms. The standard InChI is InChI=1S/C29H25F3N2O/c1-2-13-35-24-11-10-23(34-18-24)9-4-19-5-12-25-22(14-19)8-7-21(29(25)32)6-3-20-15-27(30)26(17-33)28(31)16-20/h5,7-8,10-12,14-16,18H,2-4,6,9,13H2,1H3. The molecule has 4 aromatic rings. The Balaban J connectivity index is 1.42. The van der Waals surface area contributed by atoms with E-state index in [2.05, 4.69) is 11.9 Å². The summed E-state index contributed by atoms with van der Waals surface area (Å²) >= 11 is 0. The van der Waals surface area contributed by atoms with E-state index in [4.69, 9.17) is 10.00 Å². The molecule has 1 aromatic heterocycles. The number of nitrogens with zero attached hydrogens (tertiary/aromatic N) is 2. The fraction of sp³-hybridized carbons (Fsp3) is 0.241. The van der Waals surface area contributed by atoms with Crippen LogP contribution in [0.4, 0.5) is 13.2 Å². The number of halogens is 3. The predicted octanol–water partition coefficient (Wildman–Crippen LogP) is 6.88. The number of aryl methyl sites for hydroxylation is 4. The summed E-state index contributed by atoms with van der Waals surface area (Å²) in [5.41, 5.74) is 2.31. The zero-order valence-corrected chi connectivity index (χ0v) is 19.5. The summed E-state index contributed by atoms with van der Waals surface area (Å²) in [6.45, 7) is 2.73. The predicted molar refractivity (Wildman–Crippen MR) is 130 cm³/mol. The molecule has 0 fully saturated rings. The minimum Gasteiger partial charge on any atom is -0.492 e. The third-order valence-electron chi connectivity index (χ3n) is 5.94. The van der Waals surface area contributed by atoms with Crippen molar-refractivity contribution in [3.8, 4) is 11.8 Å². The summed E-state index contributed by atoms with van der Waals surface area (Å²) in [5, 5.41) is 10.1. The fourth-order valence-corrected chi connectivity index (χ4v) is 4.03. The van der Waals surface area contributed by atoms with Crippen LogP contribution in [0, 0.1) is 28.8 Å². The van der Waals surface area contributed by atoms with Gasteiger partial charge in [0.25, 0.3) is 0 Å². The Hall–Kier alpha value is -3.85. The molecule has 0 bridgehead atoms. The maximum atomic E-state index is 15.1. The highest BCUT2D eigenvalue weighted by Gasteiger charge is 2.13. The molecule has 3 aromatic carbocycles. The Labute approximate surface area is 202 Å². The van der Waals surface area contributed by atoms with Crippen LogP contribution >= 0.6 is 0 Å². The minimum absolute atomic E-state index is 0.259. The van der Waals surface area contributed by atoms with Crippen LogP contribution < -0.4 is 4.74 Å². The second-order valence-electron chi connectivity index (χ2n) is 8.47. The summed E-state index contributed by atoms with van der Waals surface area (Å²) in [4.78, 5) is 4.45. The third-order valence-corrected chi connectivity index (χ3v) is 5.94. The van der Waals surface area contributed by atoms with Crippen LogP contribution in [-0.4, -0.2) is 11.6 Å². The van der Waals surface area contributed by atoms with Crippen molar-refractivity contribution in [2.45, 2.75) is 39.0 Å². The highest BCUT2D eigenvalue weighted by molar-refractivity contribution is 5.84. The van der Waals surface area contributed by atoms with Gasteiger partial charge >= 0.3 is 0 Å². The van der Waals surface area contributed by atoms with Gasteiger partial charge in [0.05, 0.1) is 12.8 Å². The number of hydrogen-bond donors (Lipinski definition) is 0. The van der Waals surface area contributed by atoms with Gasteiger partial charge in [-0.15, -0.1) is 0 Å². The maximum Gasteiger partial charge on any atom is 0.144 e. The second kappa shape index (κ2) is 11.1. The van der Waals surface area contributed by atoms with Crippen molar-refractivity contribution in [3.63, 3.8) is 0 Å². The number of nitriles is 1. The van der Waals surface area contributed by atoms with Crippen molar-refractivity contribution >= 4 is 10.8 Å². The highest BCUT2D eigenvalue weighted by atomic mass is 19.1. The molecule has 3 nitrogen and oxygen atoms in total. The molecule has 0 amide bonds. The average molecular weight is 475 g/mol. The van der Waals surface area contributed by atoms with E-state index >= 15 is 4.39 Å². The van der Waals surface area contributed by atoms with Gasteiger partial charge in [-0.3, -0.25) is 4.98 Å². The van der Waals surface area contributed by atoms with Gasteiger partial charge < -0.3 is 4.74 Å². The molecule has 0 saturated heterocycles. The minimum atomic E-state index is -0.898. The van der Waals surface area contributed by atoms with Gasteiger partial charge in [-0.1, -0.05) is 37.3 Å². The summed E-state index contributed by atoms with van der Waals surface area (Å²) in [6, 6.07) is 16.9. The Kier molecular flexibility index (Phi) is 7.67. The lowest BCUT2D eigenvalue weighted by Crippen LogP contribution is -2.00. The smallest absolute Gasteiger partial charge is 0.144 e. The number of benzene rings is 3. The first-order chi connectivity index (χ1) is 17.0. The van der Waals surface area contributed by atoms with E-state index in [1.165, 1.54) is 6.07 Å². The van der Waals surface area contributed by atoms with Gasteiger partial charge in [-0.05, 0) is 78.4 Å². The topological polar surface area (TPSA) is 45.9 Å². The molecule has 0 saturated carbocycles. The normalized spacial score (nSPS) is 10.9. The lowest BCUT2D eigenvalue weighted by molar-refractivity contribution is 0.316. The fourth-order valence-electron chi connectivity index (χ4n) is 4.03. The quantitative estimate of drug-likeness (QED) is 0.266. The van der Waals surface area contributed by atoms with E-state index in [9.17, 15) is 8.78 Å². The number of ether oxygens (including phenoxy) is 1. The number of rotatable bonds is 9. The first-order valence-corrected chi connectivity index (χ1v) is 11.6. The van der Waals surface area contributed by atoms with Crippen LogP contribution in [0.3, 0.4) is 0 Å². The summed E-state index contributed by atoms with van der Waals surface area (Å²) in [7, 11) is 0. The molecule has 0 aliphatic rings. The van der Waals surface area contributed by atoms with Crippen molar-refractivity contribution in [3.05, 3.63) is 106 Å². The van der Waals surface area contributed by atoms with Gasteiger partial charge in [0.2, 0.25) is 0 Å². The van der Waals surface area contributed by atoms with Gasteiger partial charge in [0.1, 0.15) is 34.8 Å². The van der Waals surface area contributed by atoms with E-state index in [-0.39, 0.29) is 18.7 Å². The van der Waals surface area contributed by atoms with Crippen LogP contribution in [0.25, 0.3) is 10.8 Å². The van der Waals surface area contributed by atoms with E-state index in [0.29, 0.717) is 23.1 Å². The maximum absolute atomic E-state index is 15.1. The molecule has 4 rings (SSSR count). The zero-order valence-electron chi connectivity index (χ0n) is 19.5. The first kappa shape index (κ1) is 24.3. The van der Waals surface area contributed by atoms with Gasteiger partial charge in [0, 0.05) is 11.1 Å². The van der Waals surface area contributed by atoms with Crippen molar-refractivity contribution in [2.75, 3.05) is 6.61 Å². The molecule has 1 heterocycles. The van der Waals surface area contributed by atoms with Gasteiger partial charge in [-0.25, -0.2) is 13.2 Å². The third kappa shape index (κ3) is 5.81. The van der Waals surface area contributed by atoms with Crippen LogP contribution in [0.2, 0.25) is 0 Å². The Bertz CT molecular complexity index is 1350. The summed E-state index contributed by atoms with van der Waals surface area (Å²) in [5.74, 6) is -1.36. The Morgan fingerprint density at radius 2 is 1.63 bits per heavy atom. The van der Waals surface area contributed by atoms with Crippen LogP contribution in [0.5, 0.6) is 5.75 Å². The number of aromatic nitrogens is 1.